The van der Waals surface area contributed by atoms with Gasteiger partial charge in [0.05, 0.1) is 21.3 Å². The summed E-state index contributed by atoms with van der Waals surface area (Å²) < 4.78 is 62.7. The number of alkyl halides is 2. The molecule has 0 aliphatic heterocycles. The summed E-state index contributed by atoms with van der Waals surface area (Å²) in [7, 11) is 0.0819. The van der Waals surface area contributed by atoms with Crippen molar-refractivity contribution in [2.45, 2.75) is 63.7 Å². The molecule has 2 atom stereocenters. The van der Waals surface area contributed by atoms with Crippen LogP contribution in [-0.4, -0.2) is 22.7 Å². The van der Waals surface area contributed by atoms with Gasteiger partial charge in [-0.1, -0.05) is 18.2 Å². The SMILES string of the molecule is COCCCCC(F)(F)c1cccc([C@@H](C)NS(=O)C(C)(C)C)c1F. The molecule has 0 saturated heterocycles. The number of methoxy groups -OCH3 is 1. The molecule has 0 aliphatic carbocycles. The molecule has 1 aromatic rings. The van der Waals surface area contributed by atoms with Crippen LogP contribution in [-0.2, 0) is 21.6 Å². The second-order valence-electron chi connectivity index (χ2n) is 7.08. The van der Waals surface area contributed by atoms with E-state index in [1.165, 1.54) is 19.2 Å². The molecule has 1 N–H and O–H groups in total. The lowest BCUT2D eigenvalue weighted by Crippen LogP contribution is -2.35. The topological polar surface area (TPSA) is 38.3 Å². The minimum atomic E-state index is -3.25. The Hall–Kier alpha value is -0.920. The van der Waals surface area contributed by atoms with E-state index in [0.717, 1.165) is 6.07 Å². The maximum Gasteiger partial charge on any atom is 0.276 e. The molecule has 1 unspecified atom stereocenters. The predicted octanol–water partition coefficient (Wildman–Crippen LogP) is 4.85. The first-order valence-corrected chi connectivity index (χ1v) is 9.49. The largest absolute Gasteiger partial charge is 0.385 e. The van der Waals surface area contributed by atoms with E-state index in [9.17, 15) is 17.4 Å². The van der Waals surface area contributed by atoms with Crippen LogP contribution in [0, 0.1) is 5.82 Å². The third-order valence-corrected chi connectivity index (χ3v) is 5.50. The van der Waals surface area contributed by atoms with Gasteiger partial charge in [0.25, 0.3) is 5.92 Å². The van der Waals surface area contributed by atoms with Crippen LogP contribution in [0.5, 0.6) is 0 Å². The molecule has 7 heteroatoms. The Balaban J connectivity index is 2.95. The van der Waals surface area contributed by atoms with Gasteiger partial charge in [-0.15, -0.1) is 0 Å². The fraction of sp³-hybridized carbons (Fsp3) is 0.667. The lowest BCUT2D eigenvalue weighted by molar-refractivity contribution is -0.0204. The van der Waals surface area contributed by atoms with E-state index in [4.69, 9.17) is 4.74 Å². The summed E-state index contributed by atoms with van der Waals surface area (Å²) in [6.45, 7) is 7.36. The summed E-state index contributed by atoms with van der Waals surface area (Å²) in [6, 6.07) is 3.32. The normalized spacial score (nSPS) is 15.2. The van der Waals surface area contributed by atoms with E-state index < -0.39 is 45.5 Å². The van der Waals surface area contributed by atoms with Crippen molar-refractivity contribution < 1.29 is 22.1 Å². The third-order valence-electron chi connectivity index (χ3n) is 3.82. The van der Waals surface area contributed by atoms with Crippen LogP contribution in [0.4, 0.5) is 13.2 Å². The third kappa shape index (κ3) is 6.38. The first-order chi connectivity index (χ1) is 11.5. The van der Waals surface area contributed by atoms with Gasteiger partial charge in [0.15, 0.2) is 0 Å². The van der Waals surface area contributed by atoms with E-state index in [0.29, 0.717) is 13.0 Å². The van der Waals surface area contributed by atoms with Crippen molar-refractivity contribution in [1.82, 2.24) is 4.72 Å². The van der Waals surface area contributed by atoms with Crippen molar-refractivity contribution in [2.75, 3.05) is 13.7 Å². The monoisotopic (exact) mass is 379 g/mol. The number of hydrogen-bond donors (Lipinski definition) is 1. The Bertz CT molecular complexity index is 588. The van der Waals surface area contributed by atoms with Crippen LogP contribution < -0.4 is 4.72 Å². The smallest absolute Gasteiger partial charge is 0.276 e. The molecule has 0 saturated carbocycles. The molecule has 0 aliphatic rings. The van der Waals surface area contributed by atoms with Gasteiger partial charge in [-0.05, 0) is 40.5 Å². The van der Waals surface area contributed by atoms with Gasteiger partial charge >= 0.3 is 0 Å². The summed E-state index contributed by atoms with van der Waals surface area (Å²) in [6.07, 6.45) is 0.300. The van der Waals surface area contributed by atoms with Crippen molar-refractivity contribution >= 4 is 11.0 Å². The Kier molecular flexibility index (Phi) is 8.09. The highest BCUT2D eigenvalue weighted by Gasteiger charge is 2.35. The summed E-state index contributed by atoms with van der Waals surface area (Å²) >= 11 is 0. The maximum absolute atomic E-state index is 14.7. The number of hydrogen-bond acceptors (Lipinski definition) is 2. The van der Waals surface area contributed by atoms with E-state index in [2.05, 4.69) is 4.72 Å². The van der Waals surface area contributed by atoms with Gasteiger partial charge in [0.1, 0.15) is 5.82 Å². The number of benzene rings is 1. The predicted molar refractivity (Wildman–Crippen MR) is 95.5 cm³/mol. The van der Waals surface area contributed by atoms with E-state index >= 15 is 0 Å². The van der Waals surface area contributed by atoms with Gasteiger partial charge in [-0.2, -0.15) is 0 Å². The Morgan fingerprint density at radius 1 is 1.24 bits per heavy atom. The minimum Gasteiger partial charge on any atom is -0.385 e. The van der Waals surface area contributed by atoms with Crippen molar-refractivity contribution in [3.8, 4) is 0 Å². The van der Waals surface area contributed by atoms with Crippen molar-refractivity contribution in [2.24, 2.45) is 0 Å². The molecule has 0 spiro atoms. The van der Waals surface area contributed by atoms with Gasteiger partial charge in [-0.3, -0.25) is 0 Å². The summed E-state index contributed by atoms with van der Waals surface area (Å²) in [5, 5.41) is 0. The van der Waals surface area contributed by atoms with Crippen LogP contribution >= 0.6 is 0 Å². The second kappa shape index (κ2) is 9.14. The van der Waals surface area contributed by atoms with Crippen molar-refractivity contribution in [3.05, 3.63) is 35.1 Å². The summed E-state index contributed by atoms with van der Waals surface area (Å²) in [5.74, 6) is -4.19. The lowest BCUT2D eigenvalue weighted by Gasteiger charge is -2.24. The molecule has 0 fully saturated rings. The molecule has 25 heavy (non-hydrogen) atoms. The van der Waals surface area contributed by atoms with E-state index in [-0.39, 0.29) is 12.0 Å². The zero-order valence-corrected chi connectivity index (χ0v) is 16.3. The van der Waals surface area contributed by atoms with Crippen LogP contribution in [0.15, 0.2) is 18.2 Å². The highest BCUT2D eigenvalue weighted by atomic mass is 32.2. The van der Waals surface area contributed by atoms with Gasteiger partial charge in [0, 0.05) is 31.7 Å². The average molecular weight is 379 g/mol. The standard InChI is InChI=1S/C18H28F3NO2S/c1-13(22-25(23)17(2,3)4)14-9-8-10-15(16(14)19)18(20,21)11-6-7-12-24-5/h8-10,13,22H,6-7,11-12H2,1-5H3/t13-,25?/m1/s1. The first kappa shape index (κ1) is 22.1. The Morgan fingerprint density at radius 2 is 1.88 bits per heavy atom. The lowest BCUT2D eigenvalue weighted by atomic mass is 9.97. The highest BCUT2D eigenvalue weighted by molar-refractivity contribution is 7.84. The van der Waals surface area contributed by atoms with Gasteiger partial charge < -0.3 is 4.74 Å². The quantitative estimate of drug-likeness (QED) is 0.623. The molecule has 144 valence electrons. The minimum absolute atomic E-state index is 0.0895. The molecule has 0 radical (unpaired) electrons. The number of halogens is 3. The van der Waals surface area contributed by atoms with Crippen LogP contribution in [0.3, 0.4) is 0 Å². The van der Waals surface area contributed by atoms with Crippen molar-refractivity contribution in [1.29, 1.82) is 0 Å². The summed E-state index contributed by atoms with van der Waals surface area (Å²) in [4.78, 5) is 0. The number of ether oxygens (including phenoxy) is 1. The second-order valence-corrected chi connectivity index (χ2v) is 9.08. The molecular weight excluding hydrogens is 351 g/mol. The fourth-order valence-electron chi connectivity index (χ4n) is 2.30. The van der Waals surface area contributed by atoms with E-state index in [1.54, 1.807) is 27.7 Å². The Morgan fingerprint density at radius 3 is 2.44 bits per heavy atom. The van der Waals surface area contributed by atoms with Crippen molar-refractivity contribution in [3.63, 3.8) is 0 Å². The van der Waals surface area contributed by atoms with E-state index in [1.807, 2.05) is 0 Å². The highest BCUT2D eigenvalue weighted by Crippen LogP contribution is 2.37. The molecule has 0 bridgehead atoms. The molecule has 0 amide bonds. The molecule has 1 rings (SSSR count). The van der Waals surface area contributed by atoms with Gasteiger partial charge in [-0.25, -0.2) is 22.1 Å². The number of nitrogens with one attached hydrogen (secondary N) is 1. The zero-order valence-electron chi connectivity index (χ0n) is 15.5. The fourth-order valence-corrected chi connectivity index (χ4v) is 3.10. The average Bonchev–Trinajstić information content (AvgIpc) is 2.50. The maximum atomic E-state index is 14.7. The number of unbranched alkanes of at least 4 members (excludes halogenated alkanes) is 1. The number of rotatable bonds is 9. The first-order valence-electron chi connectivity index (χ1n) is 8.34. The molecule has 1 aromatic carbocycles. The molecule has 3 nitrogen and oxygen atoms in total. The van der Waals surface area contributed by atoms with Crippen LogP contribution in [0.25, 0.3) is 0 Å². The van der Waals surface area contributed by atoms with Crippen LogP contribution in [0.2, 0.25) is 0 Å². The van der Waals surface area contributed by atoms with Gasteiger partial charge in [0.2, 0.25) is 0 Å². The molecule has 0 heterocycles. The molecular formula is C18H28F3NO2S. The zero-order chi connectivity index (χ0) is 19.3. The summed E-state index contributed by atoms with van der Waals surface area (Å²) in [5.41, 5.74) is -0.524. The Labute approximate surface area is 150 Å². The van der Waals surface area contributed by atoms with Crippen LogP contribution in [0.1, 0.15) is 64.1 Å². The molecule has 0 aromatic heterocycles.